The summed E-state index contributed by atoms with van der Waals surface area (Å²) in [5, 5.41) is 0. The highest BCUT2D eigenvalue weighted by molar-refractivity contribution is 4.97. The van der Waals surface area contributed by atoms with Gasteiger partial charge in [0.15, 0.2) is 0 Å². The topological polar surface area (TPSA) is 47.1 Å². The van der Waals surface area contributed by atoms with Crippen LogP contribution >= 0.6 is 0 Å². The van der Waals surface area contributed by atoms with Crippen LogP contribution in [-0.2, 0) is 13.1 Å². The van der Waals surface area contributed by atoms with E-state index in [1.54, 1.807) is 0 Å². The van der Waals surface area contributed by atoms with Crippen molar-refractivity contribution in [1.29, 1.82) is 0 Å². The van der Waals surface area contributed by atoms with Gasteiger partial charge in [-0.2, -0.15) is 0 Å². The van der Waals surface area contributed by atoms with Crippen LogP contribution < -0.4 is 5.73 Å². The molecule has 0 spiro atoms. The molecule has 16 heavy (non-hydrogen) atoms. The maximum atomic E-state index is 5.51. The van der Waals surface area contributed by atoms with Crippen molar-refractivity contribution in [2.75, 3.05) is 13.1 Å². The van der Waals surface area contributed by atoms with E-state index in [1.165, 1.54) is 6.42 Å². The molecule has 0 aliphatic rings. The lowest BCUT2D eigenvalue weighted by molar-refractivity contribution is 0.211. The molecular formula is C12H24N4. The standard InChI is InChI=1S/C12H24N4/c1-4-6-16(11(2)3)9-12-8-15(7-5-13)10-14-12/h8,10-11H,4-7,9,13H2,1-3H3. The van der Waals surface area contributed by atoms with E-state index in [-0.39, 0.29) is 0 Å². The van der Waals surface area contributed by atoms with E-state index >= 15 is 0 Å². The van der Waals surface area contributed by atoms with E-state index in [4.69, 9.17) is 5.73 Å². The molecule has 1 aromatic heterocycles. The highest BCUT2D eigenvalue weighted by atomic mass is 15.2. The summed E-state index contributed by atoms with van der Waals surface area (Å²) in [5.41, 5.74) is 6.64. The average Bonchev–Trinajstić information content (AvgIpc) is 2.65. The third-order valence-electron chi connectivity index (χ3n) is 2.68. The Hall–Kier alpha value is -0.870. The molecule has 0 aromatic carbocycles. The number of nitrogens with zero attached hydrogens (tertiary/aromatic N) is 3. The minimum Gasteiger partial charge on any atom is -0.336 e. The number of aromatic nitrogens is 2. The van der Waals surface area contributed by atoms with Gasteiger partial charge in [-0.25, -0.2) is 4.98 Å². The van der Waals surface area contributed by atoms with Crippen molar-refractivity contribution in [3.8, 4) is 0 Å². The second kappa shape index (κ2) is 6.66. The predicted octanol–water partition coefficient (Wildman–Crippen LogP) is 1.46. The molecule has 0 saturated heterocycles. The first-order valence-electron chi connectivity index (χ1n) is 6.12. The van der Waals surface area contributed by atoms with Crippen molar-refractivity contribution < 1.29 is 0 Å². The van der Waals surface area contributed by atoms with Crippen LogP contribution in [0.15, 0.2) is 12.5 Å². The van der Waals surface area contributed by atoms with E-state index in [0.717, 1.165) is 25.3 Å². The lowest BCUT2D eigenvalue weighted by Crippen LogP contribution is -2.31. The zero-order chi connectivity index (χ0) is 12.0. The molecule has 92 valence electrons. The first-order chi connectivity index (χ1) is 7.67. The number of nitrogens with two attached hydrogens (primary N) is 1. The fraction of sp³-hybridized carbons (Fsp3) is 0.750. The molecule has 2 N–H and O–H groups in total. The van der Waals surface area contributed by atoms with Crippen LogP contribution in [0.4, 0.5) is 0 Å². The largest absolute Gasteiger partial charge is 0.336 e. The van der Waals surface area contributed by atoms with Crippen molar-refractivity contribution in [2.24, 2.45) is 5.73 Å². The van der Waals surface area contributed by atoms with Gasteiger partial charge in [-0.15, -0.1) is 0 Å². The van der Waals surface area contributed by atoms with Gasteiger partial charge in [0.2, 0.25) is 0 Å². The lowest BCUT2D eigenvalue weighted by atomic mass is 10.2. The molecule has 0 aliphatic heterocycles. The number of imidazole rings is 1. The predicted molar refractivity (Wildman–Crippen MR) is 67.1 cm³/mol. The summed E-state index contributed by atoms with van der Waals surface area (Å²) in [6.45, 7) is 10.2. The smallest absolute Gasteiger partial charge is 0.0950 e. The lowest BCUT2D eigenvalue weighted by Gasteiger charge is -2.24. The third-order valence-corrected chi connectivity index (χ3v) is 2.68. The van der Waals surface area contributed by atoms with Gasteiger partial charge in [0, 0.05) is 31.9 Å². The second-order valence-corrected chi connectivity index (χ2v) is 4.46. The van der Waals surface area contributed by atoms with Crippen LogP contribution in [-0.4, -0.2) is 33.6 Å². The van der Waals surface area contributed by atoms with Crippen molar-refractivity contribution in [2.45, 2.75) is 46.3 Å². The fourth-order valence-electron chi connectivity index (χ4n) is 1.77. The molecule has 0 aliphatic carbocycles. The molecule has 1 heterocycles. The Morgan fingerprint density at radius 3 is 2.81 bits per heavy atom. The Kier molecular flexibility index (Phi) is 5.49. The summed E-state index contributed by atoms with van der Waals surface area (Å²) >= 11 is 0. The molecule has 1 rings (SSSR count). The number of rotatable bonds is 7. The normalized spacial score (nSPS) is 11.6. The monoisotopic (exact) mass is 224 g/mol. The van der Waals surface area contributed by atoms with Crippen LogP contribution in [0.1, 0.15) is 32.9 Å². The SMILES string of the molecule is CCCN(Cc1cn(CCN)cn1)C(C)C. The minimum atomic E-state index is 0.569. The molecule has 0 bridgehead atoms. The van der Waals surface area contributed by atoms with Gasteiger partial charge in [0.25, 0.3) is 0 Å². The van der Waals surface area contributed by atoms with E-state index in [9.17, 15) is 0 Å². The van der Waals surface area contributed by atoms with Crippen LogP contribution in [0.2, 0.25) is 0 Å². The Bertz CT molecular complexity index is 293. The van der Waals surface area contributed by atoms with Crippen LogP contribution in [0.3, 0.4) is 0 Å². The molecule has 1 aromatic rings. The molecule has 0 saturated carbocycles. The minimum absolute atomic E-state index is 0.569. The third kappa shape index (κ3) is 3.94. The van der Waals surface area contributed by atoms with Gasteiger partial charge < -0.3 is 10.3 Å². The van der Waals surface area contributed by atoms with Crippen molar-refractivity contribution >= 4 is 0 Å². The highest BCUT2D eigenvalue weighted by Gasteiger charge is 2.10. The van der Waals surface area contributed by atoms with Gasteiger partial charge in [0.1, 0.15) is 0 Å². The van der Waals surface area contributed by atoms with E-state index in [0.29, 0.717) is 12.6 Å². The summed E-state index contributed by atoms with van der Waals surface area (Å²) in [6, 6.07) is 0.569. The van der Waals surface area contributed by atoms with Gasteiger partial charge >= 0.3 is 0 Å². The van der Waals surface area contributed by atoms with E-state index < -0.39 is 0 Å². The van der Waals surface area contributed by atoms with Crippen LogP contribution in [0.5, 0.6) is 0 Å². The molecule has 4 heteroatoms. The Morgan fingerprint density at radius 2 is 2.25 bits per heavy atom. The Balaban J connectivity index is 2.55. The first kappa shape index (κ1) is 13.2. The number of hydrogen-bond acceptors (Lipinski definition) is 3. The van der Waals surface area contributed by atoms with E-state index in [1.807, 2.05) is 6.33 Å². The first-order valence-corrected chi connectivity index (χ1v) is 6.12. The van der Waals surface area contributed by atoms with Gasteiger partial charge in [-0.05, 0) is 26.8 Å². The summed E-state index contributed by atoms with van der Waals surface area (Å²) in [4.78, 5) is 6.84. The van der Waals surface area contributed by atoms with Gasteiger partial charge in [-0.3, -0.25) is 4.90 Å². The summed E-state index contributed by atoms with van der Waals surface area (Å²) in [7, 11) is 0. The fourth-order valence-corrected chi connectivity index (χ4v) is 1.77. The zero-order valence-electron chi connectivity index (χ0n) is 10.7. The number of hydrogen-bond donors (Lipinski definition) is 1. The summed E-state index contributed by atoms with van der Waals surface area (Å²) < 4.78 is 2.06. The molecular weight excluding hydrogens is 200 g/mol. The van der Waals surface area contributed by atoms with Gasteiger partial charge in [-0.1, -0.05) is 6.92 Å². The molecule has 0 atom stereocenters. The molecule has 0 fully saturated rings. The maximum Gasteiger partial charge on any atom is 0.0950 e. The second-order valence-electron chi connectivity index (χ2n) is 4.46. The average molecular weight is 224 g/mol. The molecule has 0 unspecified atom stereocenters. The highest BCUT2D eigenvalue weighted by Crippen LogP contribution is 2.07. The van der Waals surface area contributed by atoms with Crippen molar-refractivity contribution in [1.82, 2.24) is 14.5 Å². The van der Waals surface area contributed by atoms with Crippen LogP contribution in [0.25, 0.3) is 0 Å². The summed E-state index contributed by atoms with van der Waals surface area (Å²) in [5.74, 6) is 0. The molecule has 0 amide bonds. The van der Waals surface area contributed by atoms with Crippen molar-refractivity contribution in [3.05, 3.63) is 18.2 Å². The Labute approximate surface area is 98.5 Å². The zero-order valence-corrected chi connectivity index (χ0v) is 10.7. The Morgan fingerprint density at radius 1 is 1.50 bits per heavy atom. The summed E-state index contributed by atoms with van der Waals surface area (Å²) in [6.07, 6.45) is 5.15. The molecule has 4 nitrogen and oxygen atoms in total. The van der Waals surface area contributed by atoms with E-state index in [2.05, 4.69) is 41.4 Å². The van der Waals surface area contributed by atoms with Gasteiger partial charge in [0.05, 0.1) is 12.0 Å². The quantitative estimate of drug-likeness (QED) is 0.763. The maximum absolute atomic E-state index is 5.51. The van der Waals surface area contributed by atoms with Crippen LogP contribution in [0, 0.1) is 0 Å². The molecule has 0 radical (unpaired) electrons. The van der Waals surface area contributed by atoms with Crippen molar-refractivity contribution in [3.63, 3.8) is 0 Å².